The summed E-state index contributed by atoms with van der Waals surface area (Å²) in [6, 6.07) is 9.09. The molecule has 3 rings (SSSR count). The second-order valence-corrected chi connectivity index (χ2v) is 7.20. The van der Waals surface area contributed by atoms with Gasteiger partial charge in [0.05, 0.1) is 31.3 Å². The van der Waals surface area contributed by atoms with Crippen molar-refractivity contribution in [1.29, 1.82) is 0 Å². The number of hydrogen-bond donors (Lipinski definition) is 2. The topological polar surface area (TPSA) is 79.3 Å². The number of phenolic OH excluding ortho intramolecular Hbond substituents is 1. The summed E-state index contributed by atoms with van der Waals surface area (Å²) >= 11 is 7.12. The van der Waals surface area contributed by atoms with Crippen molar-refractivity contribution >= 4 is 48.9 Å². The minimum Gasteiger partial charge on any atom is -0.504 e. The monoisotopic (exact) mass is 340 g/mol. The van der Waals surface area contributed by atoms with E-state index in [0.29, 0.717) is 0 Å². The lowest BCUT2D eigenvalue weighted by Crippen LogP contribution is -2.12. The zero-order chi connectivity index (χ0) is 15.0. The minimum atomic E-state index is -3.81. The molecule has 0 aliphatic carbocycles. The van der Waals surface area contributed by atoms with E-state index >= 15 is 0 Å². The smallest absolute Gasteiger partial charge is 0.262 e. The van der Waals surface area contributed by atoms with E-state index in [4.69, 9.17) is 11.6 Å². The molecule has 0 saturated heterocycles. The van der Waals surface area contributed by atoms with Crippen molar-refractivity contribution in [1.82, 2.24) is 4.98 Å². The van der Waals surface area contributed by atoms with Crippen molar-refractivity contribution in [3.05, 3.63) is 46.9 Å². The van der Waals surface area contributed by atoms with Gasteiger partial charge in [0, 0.05) is 0 Å². The van der Waals surface area contributed by atoms with Crippen molar-refractivity contribution in [2.75, 3.05) is 4.72 Å². The van der Waals surface area contributed by atoms with E-state index in [1.54, 1.807) is 17.6 Å². The molecule has 21 heavy (non-hydrogen) atoms. The molecule has 2 aromatic carbocycles. The van der Waals surface area contributed by atoms with Crippen LogP contribution in [0.1, 0.15) is 0 Å². The normalized spacial score (nSPS) is 11.7. The van der Waals surface area contributed by atoms with Crippen LogP contribution in [0.2, 0.25) is 5.02 Å². The van der Waals surface area contributed by atoms with Gasteiger partial charge in [-0.3, -0.25) is 4.72 Å². The van der Waals surface area contributed by atoms with Gasteiger partial charge in [-0.2, -0.15) is 0 Å². The summed E-state index contributed by atoms with van der Waals surface area (Å²) in [5, 5.41) is 9.86. The Morgan fingerprint density at radius 2 is 2.05 bits per heavy atom. The Morgan fingerprint density at radius 3 is 2.86 bits per heavy atom. The summed E-state index contributed by atoms with van der Waals surface area (Å²) in [7, 11) is -3.81. The average molecular weight is 341 g/mol. The van der Waals surface area contributed by atoms with Crippen LogP contribution in [0.4, 0.5) is 5.69 Å². The zero-order valence-electron chi connectivity index (χ0n) is 10.4. The average Bonchev–Trinajstić information content (AvgIpc) is 2.91. The quantitative estimate of drug-likeness (QED) is 0.716. The first-order chi connectivity index (χ1) is 9.97. The number of hydrogen-bond acceptors (Lipinski definition) is 5. The molecule has 5 nitrogen and oxygen atoms in total. The fourth-order valence-electron chi connectivity index (χ4n) is 1.80. The fourth-order valence-corrected chi connectivity index (χ4v) is 3.86. The van der Waals surface area contributed by atoms with Gasteiger partial charge in [0.2, 0.25) is 0 Å². The van der Waals surface area contributed by atoms with E-state index in [2.05, 4.69) is 9.71 Å². The molecule has 1 aromatic heterocycles. The second-order valence-electron chi connectivity index (χ2n) is 4.22. The summed E-state index contributed by atoms with van der Waals surface area (Å²) in [5.41, 5.74) is 2.42. The maximum absolute atomic E-state index is 12.3. The highest BCUT2D eigenvalue weighted by Crippen LogP contribution is 2.33. The minimum absolute atomic E-state index is 0.0342. The predicted octanol–water partition coefficient (Wildman–Crippen LogP) is 3.46. The Hall–Kier alpha value is -1.83. The Kier molecular flexibility index (Phi) is 3.48. The molecule has 0 aliphatic rings. The summed E-state index contributed by atoms with van der Waals surface area (Å²) < 4.78 is 27.8. The van der Waals surface area contributed by atoms with Gasteiger partial charge in [0.1, 0.15) is 0 Å². The third-order valence-electron chi connectivity index (χ3n) is 2.84. The largest absolute Gasteiger partial charge is 0.504 e. The van der Waals surface area contributed by atoms with Crippen molar-refractivity contribution < 1.29 is 13.5 Å². The highest BCUT2D eigenvalue weighted by Gasteiger charge is 2.17. The molecule has 0 bridgehead atoms. The number of nitrogens with one attached hydrogen (secondary N) is 1. The van der Waals surface area contributed by atoms with Crippen molar-refractivity contribution in [2.45, 2.75) is 4.90 Å². The Bertz CT molecular complexity index is 922. The van der Waals surface area contributed by atoms with Gasteiger partial charge in [-0.25, -0.2) is 13.4 Å². The number of nitrogens with zero attached hydrogens (tertiary/aromatic N) is 1. The molecule has 2 N–H and O–H groups in total. The molecular weight excluding hydrogens is 332 g/mol. The number of aromatic nitrogens is 1. The highest BCUT2D eigenvalue weighted by atomic mass is 35.5. The number of rotatable bonds is 3. The molecule has 108 valence electrons. The third-order valence-corrected chi connectivity index (χ3v) is 5.30. The lowest BCUT2D eigenvalue weighted by Gasteiger charge is -2.10. The van der Waals surface area contributed by atoms with E-state index in [0.717, 1.165) is 10.2 Å². The molecule has 0 fully saturated rings. The first kappa shape index (κ1) is 14.1. The van der Waals surface area contributed by atoms with Crippen LogP contribution in [0, 0.1) is 0 Å². The molecule has 0 saturated carbocycles. The van der Waals surface area contributed by atoms with Gasteiger partial charge < -0.3 is 5.11 Å². The van der Waals surface area contributed by atoms with Gasteiger partial charge in [-0.15, -0.1) is 11.3 Å². The molecule has 1 heterocycles. The van der Waals surface area contributed by atoms with Crippen LogP contribution in [-0.4, -0.2) is 18.5 Å². The van der Waals surface area contributed by atoms with E-state index in [1.165, 1.54) is 35.6 Å². The number of halogens is 1. The maximum Gasteiger partial charge on any atom is 0.262 e. The molecule has 8 heteroatoms. The zero-order valence-corrected chi connectivity index (χ0v) is 12.8. The highest BCUT2D eigenvalue weighted by molar-refractivity contribution is 7.92. The summed E-state index contributed by atoms with van der Waals surface area (Å²) in [4.78, 5) is 4.19. The molecule has 0 radical (unpaired) electrons. The van der Waals surface area contributed by atoms with E-state index in [9.17, 15) is 13.5 Å². The van der Waals surface area contributed by atoms with Crippen molar-refractivity contribution in [2.24, 2.45) is 0 Å². The van der Waals surface area contributed by atoms with Crippen molar-refractivity contribution in [3.63, 3.8) is 0 Å². The van der Waals surface area contributed by atoms with Crippen LogP contribution in [0.5, 0.6) is 5.75 Å². The van der Waals surface area contributed by atoms with Crippen LogP contribution in [-0.2, 0) is 10.0 Å². The SMILES string of the molecule is O=S(=O)(Nc1cccc(Cl)c1O)c1ccc2ncsc2c1. The van der Waals surface area contributed by atoms with Gasteiger partial charge in [-0.05, 0) is 30.3 Å². The van der Waals surface area contributed by atoms with Crippen LogP contribution in [0.25, 0.3) is 10.2 Å². The number of sulfonamides is 1. The van der Waals surface area contributed by atoms with Crippen LogP contribution < -0.4 is 4.72 Å². The predicted molar refractivity (Wildman–Crippen MR) is 83.5 cm³/mol. The lowest BCUT2D eigenvalue weighted by atomic mass is 10.3. The van der Waals surface area contributed by atoms with Crippen LogP contribution >= 0.6 is 22.9 Å². The van der Waals surface area contributed by atoms with E-state index < -0.39 is 10.0 Å². The van der Waals surface area contributed by atoms with Gasteiger partial charge in [-0.1, -0.05) is 17.7 Å². The molecule has 0 aliphatic heterocycles. The first-order valence-corrected chi connectivity index (χ1v) is 8.55. The number of para-hydroxylation sites is 1. The molecule has 0 unspecified atom stereocenters. The third kappa shape index (κ3) is 2.67. The Balaban J connectivity index is 2.01. The first-order valence-electron chi connectivity index (χ1n) is 5.81. The molecule has 0 atom stereocenters. The number of phenols is 1. The number of aromatic hydroxyl groups is 1. The van der Waals surface area contributed by atoms with Crippen molar-refractivity contribution in [3.8, 4) is 5.75 Å². The summed E-state index contributed by atoms with van der Waals surface area (Å²) in [6.45, 7) is 0. The molecular formula is C13H9ClN2O3S2. The van der Waals surface area contributed by atoms with Gasteiger partial charge in [0.25, 0.3) is 10.0 Å². The van der Waals surface area contributed by atoms with Gasteiger partial charge in [0.15, 0.2) is 5.75 Å². The van der Waals surface area contributed by atoms with Gasteiger partial charge >= 0.3 is 0 Å². The number of anilines is 1. The molecule has 0 spiro atoms. The summed E-state index contributed by atoms with van der Waals surface area (Å²) in [5.74, 6) is -0.304. The number of benzene rings is 2. The standard InChI is InChI=1S/C13H9ClN2O3S2/c14-9-2-1-3-11(13(9)17)16-21(18,19)8-4-5-10-12(6-8)20-7-15-10/h1-7,16-17H. The van der Waals surface area contributed by atoms with Crippen LogP contribution in [0.15, 0.2) is 46.8 Å². The lowest BCUT2D eigenvalue weighted by molar-refractivity contribution is 0.478. The number of thiazole rings is 1. The fraction of sp³-hybridized carbons (Fsp3) is 0. The Morgan fingerprint density at radius 1 is 1.24 bits per heavy atom. The maximum atomic E-state index is 12.3. The van der Waals surface area contributed by atoms with Crippen LogP contribution in [0.3, 0.4) is 0 Å². The second kappa shape index (κ2) is 5.18. The number of fused-ring (bicyclic) bond motifs is 1. The van der Waals surface area contributed by atoms with E-state index in [1.807, 2.05) is 0 Å². The van der Waals surface area contributed by atoms with E-state index in [-0.39, 0.29) is 21.4 Å². The summed E-state index contributed by atoms with van der Waals surface area (Å²) in [6.07, 6.45) is 0. The molecule has 0 amide bonds. The Labute approximate surface area is 129 Å². The molecule has 3 aromatic rings.